The second-order valence-corrected chi connectivity index (χ2v) is 8.17. The monoisotopic (exact) mass is 415 g/mol. The number of benzene rings is 1. The molecule has 1 aromatic rings. The summed E-state index contributed by atoms with van der Waals surface area (Å²) in [5, 5.41) is 5.32. The van der Waals surface area contributed by atoms with Gasteiger partial charge in [-0.25, -0.2) is 4.79 Å². The zero-order valence-electron chi connectivity index (χ0n) is 18.7. The Hall–Kier alpha value is -3.01. The molecule has 7 nitrogen and oxygen atoms in total. The fourth-order valence-corrected chi connectivity index (χ4v) is 2.76. The quantitative estimate of drug-likeness (QED) is 0.387. The highest BCUT2D eigenvalue weighted by Crippen LogP contribution is 2.23. The van der Waals surface area contributed by atoms with E-state index in [1.54, 1.807) is 32.9 Å². The highest BCUT2D eigenvalue weighted by molar-refractivity contribution is 5.93. The van der Waals surface area contributed by atoms with Gasteiger partial charge in [-0.15, -0.1) is 0 Å². The molecule has 0 aromatic heterocycles. The Kier molecular flexibility index (Phi) is 9.38. The van der Waals surface area contributed by atoms with E-state index in [-0.39, 0.29) is 5.91 Å². The van der Waals surface area contributed by atoms with E-state index in [0.29, 0.717) is 12.1 Å². The molecule has 0 fully saturated rings. The van der Waals surface area contributed by atoms with Crippen LogP contribution >= 0.6 is 0 Å². The van der Waals surface area contributed by atoms with Crippen molar-refractivity contribution >= 4 is 17.9 Å². The lowest BCUT2D eigenvalue weighted by Crippen LogP contribution is -2.50. The molecule has 0 heterocycles. The first-order valence-corrected chi connectivity index (χ1v) is 10.1. The topological polar surface area (TPSA) is 87.7 Å². The van der Waals surface area contributed by atoms with Crippen LogP contribution in [-0.2, 0) is 14.3 Å². The number of ether oxygens (including phenoxy) is 1. The van der Waals surface area contributed by atoms with Crippen LogP contribution in [0, 0.1) is 19.4 Å². The third kappa shape index (κ3) is 7.78. The van der Waals surface area contributed by atoms with Gasteiger partial charge in [-0.1, -0.05) is 49.6 Å². The fraction of sp³-hybridized carbons (Fsp3) is 0.522. The third-order valence-electron chi connectivity index (χ3n) is 4.17. The summed E-state index contributed by atoms with van der Waals surface area (Å²) in [7, 11) is 0. The second kappa shape index (κ2) is 11.2. The van der Waals surface area contributed by atoms with Crippen LogP contribution in [0.3, 0.4) is 0 Å². The molecule has 0 aliphatic heterocycles. The maximum atomic E-state index is 13.0. The standard InChI is InChI=1S/C23H33N3O4/c1-8-10-14-24-20(27)19(18-13-11-12-16(3)15-18)26(9-2)21(28)17(4)25-22(29)30-23(5,6)7/h2,11-13,15,17,19H,8,10,14H2,1,3-7H3,(H,24,27)(H,25,29). The number of carbonyl (C=O) groups is 3. The molecule has 0 bridgehead atoms. The Morgan fingerprint density at radius 1 is 1.27 bits per heavy atom. The number of nitrogens with one attached hydrogen (secondary N) is 2. The summed E-state index contributed by atoms with van der Waals surface area (Å²) in [6, 6.07) is 7.59. The lowest BCUT2D eigenvalue weighted by Gasteiger charge is -2.29. The highest BCUT2D eigenvalue weighted by Gasteiger charge is 2.34. The average Bonchev–Trinajstić information content (AvgIpc) is 2.63. The Balaban J connectivity index is 3.12. The predicted molar refractivity (Wildman–Crippen MR) is 116 cm³/mol. The van der Waals surface area contributed by atoms with Crippen LogP contribution in [0.25, 0.3) is 0 Å². The smallest absolute Gasteiger partial charge is 0.408 e. The Morgan fingerprint density at radius 2 is 1.93 bits per heavy atom. The van der Waals surface area contributed by atoms with Crippen molar-refractivity contribution in [2.45, 2.75) is 72.1 Å². The zero-order chi connectivity index (χ0) is 22.9. The lowest BCUT2D eigenvalue weighted by atomic mass is 10.0. The van der Waals surface area contributed by atoms with Crippen molar-refractivity contribution in [3.05, 3.63) is 35.4 Å². The number of terminal acetylenes is 1. The third-order valence-corrected chi connectivity index (χ3v) is 4.17. The molecule has 0 saturated heterocycles. The second-order valence-electron chi connectivity index (χ2n) is 8.17. The van der Waals surface area contributed by atoms with Gasteiger partial charge in [0, 0.05) is 12.6 Å². The van der Waals surface area contributed by atoms with E-state index in [0.717, 1.165) is 23.3 Å². The number of unbranched alkanes of at least 4 members (excludes halogenated alkanes) is 1. The molecular formula is C23H33N3O4. The largest absolute Gasteiger partial charge is 0.444 e. The van der Waals surface area contributed by atoms with E-state index in [1.165, 1.54) is 6.92 Å². The molecule has 2 N–H and O–H groups in total. The molecule has 0 spiro atoms. The molecule has 0 aliphatic rings. The predicted octanol–water partition coefficient (Wildman–Crippen LogP) is 3.28. The first kappa shape index (κ1) is 25.0. The molecule has 164 valence electrons. The Bertz CT molecular complexity index is 792. The Labute approximate surface area is 179 Å². The van der Waals surface area contributed by atoms with Crippen molar-refractivity contribution in [1.82, 2.24) is 15.5 Å². The number of hydrogen-bond acceptors (Lipinski definition) is 4. The van der Waals surface area contributed by atoms with Crippen LogP contribution in [0.2, 0.25) is 0 Å². The number of aryl methyl sites for hydroxylation is 1. The summed E-state index contributed by atoms with van der Waals surface area (Å²) < 4.78 is 5.19. The molecular weight excluding hydrogens is 382 g/mol. The summed E-state index contributed by atoms with van der Waals surface area (Å²) in [5.41, 5.74) is 0.824. The van der Waals surface area contributed by atoms with Crippen LogP contribution < -0.4 is 10.6 Å². The van der Waals surface area contributed by atoms with Crippen molar-refractivity contribution in [2.75, 3.05) is 6.54 Å². The molecule has 2 unspecified atom stereocenters. The van der Waals surface area contributed by atoms with Gasteiger partial charge in [0.15, 0.2) is 0 Å². The minimum absolute atomic E-state index is 0.371. The minimum atomic E-state index is -1.01. The normalized spacial score (nSPS) is 12.8. The summed E-state index contributed by atoms with van der Waals surface area (Å²) in [6.45, 7) is 11.1. The number of amides is 3. The lowest BCUT2D eigenvalue weighted by molar-refractivity contribution is -0.138. The number of hydrogen-bond donors (Lipinski definition) is 2. The molecule has 7 heteroatoms. The van der Waals surface area contributed by atoms with Gasteiger partial charge in [0.1, 0.15) is 17.7 Å². The summed E-state index contributed by atoms with van der Waals surface area (Å²) in [5.74, 6) is -0.953. The van der Waals surface area contributed by atoms with E-state index in [4.69, 9.17) is 11.2 Å². The molecule has 1 aromatic carbocycles. The SMILES string of the molecule is C#CN(C(=O)C(C)NC(=O)OC(C)(C)C)C(C(=O)NCCCC)c1cccc(C)c1. The van der Waals surface area contributed by atoms with Gasteiger partial charge in [0.2, 0.25) is 5.91 Å². The van der Waals surface area contributed by atoms with E-state index >= 15 is 0 Å². The number of carbonyl (C=O) groups excluding carboxylic acids is 3. The van der Waals surface area contributed by atoms with Crippen LogP contribution in [0.1, 0.15) is 64.6 Å². The highest BCUT2D eigenvalue weighted by atomic mass is 16.6. The van der Waals surface area contributed by atoms with Gasteiger partial charge in [-0.3, -0.25) is 14.5 Å². The van der Waals surface area contributed by atoms with Crippen molar-refractivity contribution in [3.8, 4) is 12.5 Å². The van der Waals surface area contributed by atoms with Crippen LogP contribution in [0.15, 0.2) is 24.3 Å². The molecule has 3 amide bonds. The maximum Gasteiger partial charge on any atom is 0.408 e. The number of nitrogens with zero attached hydrogens (tertiary/aromatic N) is 1. The van der Waals surface area contributed by atoms with Crippen molar-refractivity contribution in [1.29, 1.82) is 0 Å². The molecule has 1 rings (SSSR count). The van der Waals surface area contributed by atoms with Crippen molar-refractivity contribution < 1.29 is 19.1 Å². The van der Waals surface area contributed by atoms with Crippen LogP contribution in [-0.4, -0.2) is 41.0 Å². The molecule has 2 atom stereocenters. The van der Waals surface area contributed by atoms with Crippen LogP contribution in [0.5, 0.6) is 0 Å². The van der Waals surface area contributed by atoms with E-state index in [2.05, 4.69) is 16.7 Å². The molecule has 0 radical (unpaired) electrons. The van der Waals surface area contributed by atoms with Gasteiger partial charge >= 0.3 is 6.09 Å². The number of alkyl carbamates (subject to hydrolysis) is 1. The van der Waals surface area contributed by atoms with Crippen molar-refractivity contribution in [3.63, 3.8) is 0 Å². The zero-order valence-corrected chi connectivity index (χ0v) is 18.7. The Morgan fingerprint density at radius 3 is 2.47 bits per heavy atom. The van der Waals surface area contributed by atoms with Crippen LogP contribution in [0.4, 0.5) is 4.79 Å². The summed E-state index contributed by atoms with van der Waals surface area (Å²) in [6.07, 6.45) is 6.64. The average molecular weight is 416 g/mol. The van der Waals surface area contributed by atoms with Gasteiger partial charge in [0.05, 0.1) is 0 Å². The molecule has 0 saturated carbocycles. The summed E-state index contributed by atoms with van der Waals surface area (Å²) >= 11 is 0. The van der Waals surface area contributed by atoms with Gasteiger partial charge in [0.25, 0.3) is 5.91 Å². The van der Waals surface area contributed by atoms with E-state index in [1.807, 2.05) is 26.0 Å². The maximum absolute atomic E-state index is 13.0. The van der Waals surface area contributed by atoms with Gasteiger partial charge in [-0.05, 0) is 46.6 Å². The van der Waals surface area contributed by atoms with Gasteiger partial charge < -0.3 is 15.4 Å². The van der Waals surface area contributed by atoms with Crippen molar-refractivity contribution in [2.24, 2.45) is 0 Å². The first-order chi connectivity index (χ1) is 14.0. The number of rotatable bonds is 8. The van der Waals surface area contributed by atoms with Gasteiger partial charge in [-0.2, -0.15) is 0 Å². The first-order valence-electron chi connectivity index (χ1n) is 10.1. The molecule has 0 aliphatic carbocycles. The summed E-state index contributed by atoms with van der Waals surface area (Å²) in [4.78, 5) is 39.1. The van der Waals surface area contributed by atoms with E-state index in [9.17, 15) is 14.4 Å². The van der Waals surface area contributed by atoms with E-state index < -0.39 is 29.7 Å². The fourth-order valence-electron chi connectivity index (χ4n) is 2.76. The molecule has 30 heavy (non-hydrogen) atoms. The minimum Gasteiger partial charge on any atom is -0.444 e.